The highest BCUT2D eigenvalue weighted by Gasteiger charge is 2.07. The maximum absolute atomic E-state index is 13.5. The molecule has 1 N–H and O–H groups in total. The van der Waals surface area contributed by atoms with Crippen LogP contribution in [0.4, 0.5) is 10.1 Å². The van der Waals surface area contributed by atoms with Crippen molar-refractivity contribution in [3.8, 4) is 5.75 Å². The summed E-state index contributed by atoms with van der Waals surface area (Å²) in [7, 11) is 3.10. The van der Waals surface area contributed by atoms with E-state index in [0.29, 0.717) is 18.8 Å². The van der Waals surface area contributed by atoms with Crippen LogP contribution in [0.5, 0.6) is 5.75 Å². The van der Waals surface area contributed by atoms with E-state index in [0.717, 1.165) is 0 Å². The molecule has 0 heterocycles. The maximum atomic E-state index is 13.5. The van der Waals surface area contributed by atoms with Crippen LogP contribution in [0.2, 0.25) is 0 Å². The summed E-state index contributed by atoms with van der Waals surface area (Å²) < 4.78 is 28.6. The van der Waals surface area contributed by atoms with Crippen LogP contribution in [0.15, 0.2) is 18.2 Å². The molecule has 0 aliphatic rings. The minimum atomic E-state index is -0.386. The van der Waals surface area contributed by atoms with Crippen molar-refractivity contribution in [2.24, 2.45) is 0 Å². The highest BCUT2D eigenvalue weighted by molar-refractivity contribution is 5.47. The molecule has 17 heavy (non-hydrogen) atoms. The molecular weight excluding hydrogens is 225 g/mol. The molecule has 0 amide bonds. The average Bonchev–Trinajstić information content (AvgIpc) is 2.34. The zero-order valence-electron chi connectivity index (χ0n) is 10.3. The topological polar surface area (TPSA) is 39.7 Å². The fourth-order valence-corrected chi connectivity index (χ4v) is 1.35. The van der Waals surface area contributed by atoms with E-state index in [1.165, 1.54) is 6.07 Å². The summed E-state index contributed by atoms with van der Waals surface area (Å²) in [6.45, 7) is 2.70. The molecular formula is C12H18FNO3. The second-order valence-corrected chi connectivity index (χ2v) is 3.36. The van der Waals surface area contributed by atoms with Gasteiger partial charge in [-0.3, -0.25) is 0 Å². The van der Waals surface area contributed by atoms with Crippen LogP contribution < -0.4 is 10.1 Å². The molecule has 0 bridgehead atoms. The molecule has 0 saturated carbocycles. The Balaban J connectivity index is 2.58. The van der Waals surface area contributed by atoms with Crippen molar-refractivity contribution in [3.05, 3.63) is 24.0 Å². The SMILES string of the molecule is CCOc1ccc(NCC(OC)OC)cc1F. The maximum Gasteiger partial charge on any atom is 0.173 e. The zero-order chi connectivity index (χ0) is 12.7. The fourth-order valence-electron chi connectivity index (χ4n) is 1.35. The number of nitrogens with one attached hydrogen (secondary N) is 1. The van der Waals surface area contributed by atoms with Crippen molar-refractivity contribution >= 4 is 5.69 Å². The molecule has 96 valence electrons. The Morgan fingerprint density at radius 3 is 2.53 bits per heavy atom. The van der Waals surface area contributed by atoms with Crippen LogP contribution in [0.25, 0.3) is 0 Å². The molecule has 1 rings (SSSR count). The second-order valence-electron chi connectivity index (χ2n) is 3.36. The van der Waals surface area contributed by atoms with Crippen molar-refractivity contribution in [1.29, 1.82) is 0 Å². The van der Waals surface area contributed by atoms with E-state index in [-0.39, 0.29) is 17.9 Å². The van der Waals surface area contributed by atoms with Gasteiger partial charge in [0.2, 0.25) is 0 Å². The third-order valence-corrected chi connectivity index (χ3v) is 2.23. The first-order chi connectivity index (χ1) is 8.21. The molecule has 0 fully saturated rings. The summed E-state index contributed by atoms with van der Waals surface area (Å²) in [6.07, 6.45) is -0.357. The first-order valence-corrected chi connectivity index (χ1v) is 5.43. The lowest BCUT2D eigenvalue weighted by Gasteiger charge is -2.15. The molecule has 0 atom stereocenters. The summed E-state index contributed by atoms with van der Waals surface area (Å²) in [5.74, 6) is -0.128. The van der Waals surface area contributed by atoms with Crippen LogP contribution in [-0.2, 0) is 9.47 Å². The number of benzene rings is 1. The molecule has 4 nitrogen and oxygen atoms in total. The molecule has 0 unspecified atom stereocenters. The van der Waals surface area contributed by atoms with E-state index in [2.05, 4.69) is 5.32 Å². The van der Waals surface area contributed by atoms with Crippen molar-refractivity contribution < 1.29 is 18.6 Å². The highest BCUT2D eigenvalue weighted by Crippen LogP contribution is 2.21. The van der Waals surface area contributed by atoms with Crippen LogP contribution >= 0.6 is 0 Å². The van der Waals surface area contributed by atoms with Gasteiger partial charge < -0.3 is 19.5 Å². The minimum absolute atomic E-state index is 0.257. The average molecular weight is 243 g/mol. The van der Waals surface area contributed by atoms with E-state index in [4.69, 9.17) is 14.2 Å². The Bertz CT molecular complexity index is 343. The zero-order valence-corrected chi connectivity index (χ0v) is 10.3. The van der Waals surface area contributed by atoms with Crippen molar-refractivity contribution in [2.75, 3.05) is 32.7 Å². The predicted molar refractivity (Wildman–Crippen MR) is 63.9 cm³/mol. The summed E-state index contributed by atoms with van der Waals surface area (Å²) in [4.78, 5) is 0. The van der Waals surface area contributed by atoms with Crippen molar-refractivity contribution in [3.63, 3.8) is 0 Å². The summed E-state index contributed by atoms with van der Waals surface area (Å²) >= 11 is 0. The number of methoxy groups -OCH3 is 2. The highest BCUT2D eigenvalue weighted by atomic mass is 19.1. The number of rotatable bonds is 7. The van der Waals surface area contributed by atoms with Gasteiger partial charge in [0.05, 0.1) is 13.2 Å². The first kappa shape index (κ1) is 13.7. The molecule has 0 aliphatic carbocycles. The Labute approximate surface area is 101 Å². The molecule has 0 radical (unpaired) electrons. The lowest BCUT2D eigenvalue weighted by Crippen LogP contribution is -2.23. The normalized spacial score (nSPS) is 10.6. The monoisotopic (exact) mass is 243 g/mol. The van der Waals surface area contributed by atoms with Crippen molar-refractivity contribution in [1.82, 2.24) is 0 Å². The van der Waals surface area contributed by atoms with Gasteiger partial charge in [-0.15, -0.1) is 0 Å². The molecule has 5 heteroatoms. The van der Waals surface area contributed by atoms with Crippen LogP contribution in [0.3, 0.4) is 0 Å². The van der Waals surface area contributed by atoms with E-state index in [9.17, 15) is 4.39 Å². The number of hydrogen-bond acceptors (Lipinski definition) is 4. The first-order valence-electron chi connectivity index (χ1n) is 5.43. The third kappa shape index (κ3) is 4.20. The molecule has 0 aliphatic heterocycles. The standard InChI is InChI=1S/C12H18FNO3/c1-4-17-11-6-5-9(7-10(11)13)14-8-12(15-2)16-3/h5-7,12,14H,4,8H2,1-3H3. The van der Waals surface area contributed by atoms with E-state index in [1.54, 1.807) is 26.4 Å². The number of ether oxygens (including phenoxy) is 3. The lowest BCUT2D eigenvalue weighted by atomic mass is 10.3. The molecule has 1 aromatic carbocycles. The van der Waals surface area contributed by atoms with Crippen LogP contribution in [0, 0.1) is 5.82 Å². The van der Waals surface area contributed by atoms with Gasteiger partial charge in [-0.05, 0) is 19.1 Å². The van der Waals surface area contributed by atoms with Gasteiger partial charge in [-0.1, -0.05) is 0 Å². The summed E-state index contributed by atoms with van der Waals surface area (Å²) in [5.41, 5.74) is 0.657. The quantitative estimate of drug-likeness (QED) is 0.746. The number of hydrogen-bond donors (Lipinski definition) is 1. The molecule has 0 aromatic heterocycles. The van der Waals surface area contributed by atoms with Gasteiger partial charge in [0.1, 0.15) is 0 Å². The fraction of sp³-hybridized carbons (Fsp3) is 0.500. The number of halogens is 1. The largest absolute Gasteiger partial charge is 0.491 e. The van der Waals surface area contributed by atoms with Gasteiger partial charge >= 0.3 is 0 Å². The summed E-state index contributed by atoms with van der Waals surface area (Å²) in [6, 6.07) is 4.72. The van der Waals surface area contributed by atoms with Crippen LogP contribution in [0.1, 0.15) is 6.92 Å². The van der Waals surface area contributed by atoms with Gasteiger partial charge in [0.25, 0.3) is 0 Å². The van der Waals surface area contributed by atoms with Gasteiger partial charge in [-0.25, -0.2) is 4.39 Å². The van der Waals surface area contributed by atoms with E-state index >= 15 is 0 Å². The molecule has 0 saturated heterocycles. The predicted octanol–water partition coefficient (Wildman–Crippen LogP) is 2.26. The Morgan fingerprint density at radius 1 is 1.29 bits per heavy atom. The Kier molecular flexibility index (Phi) is 5.72. The van der Waals surface area contributed by atoms with Crippen molar-refractivity contribution in [2.45, 2.75) is 13.2 Å². The van der Waals surface area contributed by atoms with Gasteiger partial charge in [-0.2, -0.15) is 0 Å². The van der Waals surface area contributed by atoms with Crippen LogP contribution in [-0.4, -0.2) is 33.7 Å². The Hall–Kier alpha value is -1.33. The van der Waals surface area contributed by atoms with E-state index in [1.807, 2.05) is 6.92 Å². The second kappa shape index (κ2) is 7.09. The number of anilines is 1. The third-order valence-electron chi connectivity index (χ3n) is 2.23. The lowest BCUT2D eigenvalue weighted by molar-refractivity contribution is -0.0914. The van der Waals surface area contributed by atoms with E-state index < -0.39 is 0 Å². The molecule has 0 spiro atoms. The van der Waals surface area contributed by atoms with Gasteiger partial charge in [0.15, 0.2) is 17.9 Å². The Morgan fingerprint density at radius 2 is 2.00 bits per heavy atom. The smallest absolute Gasteiger partial charge is 0.173 e. The van der Waals surface area contributed by atoms with Gasteiger partial charge in [0, 0.05) is 26.0 Å². The minimum Gasteiger partial charge on any atom is -0.491 e. The summed E-state index contributed by atoms with van der Waals surface area (Å²) in [5, 5.41) is 3.01. The molecule has 1 aromatic rings.